The fraction of sp³-hybridized carbons (Fsp3) is 0.462. The molecule has 19 heavy (non-hydrogen) atoms. The summed E-state index contributed by atoms with van der Waals surface area (Å²) in [5, 5.41) is 29.3. The van der Waals surface area contributed by atoms with E-state index in [2.05, 4.69) is 0 Å². The van der Waals surface area contributed by atoms with Crippen LogP contribution in [-0.4, -0.2) is 29.7 Å². The maximum atomic E-state index is 11.1. The van der Waals surface area contributed by atoms with E-state index >= 15 is 0 Å². The molecule has 6 heteroatoms. The van der Waals surface area contributed by atoms with Gasteiger partial charge in [0.05, 0.1) is 11.0 Å². The summed E-state index contributed by atoms with van der Waals surface area (Å²) in [5.74, 6) is 0.352. The van der Waals surface area contributed by atoms with Crippen LogP contribution in [0.5, 0.6) is 0 Å². The molecule has 1 aliphatic rings. The zero-order valence-electron chi connectivity index (χ0n) is 10.6. The quantitative estimate of drug-likeness (QED) is 0.657. The second-order valence-electron chi connectivity index (χ2n) is 4.91. The molecule has 0 unspecified atom stereocenters. The molecule has 0 radical (unpaired) electrons. The van der Waals surface area contributed by atoms with Crippen LogP contribution in [-0.2, 0) is 0 Å². The lowest BCUT2D eigenvalue weighted by Crippen LogP contribution is -2.37. The van der Waals surface area contributed by atoms with Crippen LogP contribution in [0.4, 0.5) is 11.4 Å². The van der Waals surface area contributed by atoms with Gasteiger partial charge in [-0.1, -0.05) is 6.07 Å². The van der Waals surface area contributed by atoms with Crippen LogP contribution >= 0.6 is 0 Å². The number of benzene rings is 1. The lowest BCUT2D eigenvalue weighted by atomic mass is 9.82. The highest BCUT2D eigenvalue weighted by atomic mass is 16.6. The number of aliphatic hydroxyl groups is 1. The number of nitro groups is 1. The summed E-state index contributed by atoms with van der Waals surface area (Å²) in [6, 6.07) is 6.59. The van der Waals surface area contributed by atoms with Crippen LogP contribution < -0.4 is 4.90 Å². The summed E-state index contributed by atoms with van der Waals surface area (Å²) >= 11 is 0. The maximum Gasteiger partial charge on any atom is 0.310 e. The van der Waals surface area contributed by atoms with Crippen molar-refractivity contribution in [2.75, 3.05) is 18.5 Å². The highest BCUT2D eigenvalue weighted by Crippen LogP contribution is 2.34. The molecule has 0 bridgehead atoms. The van der Waals surface area contributed by atoms with E-state index in [1.807, 2.05) is 6.07 Å². The van der Waals surface area contributed by atoms with Gasteiger partial charge < -0.3 is 10.0 Å². The molecule has 0 heterocycles. The molecule has 100 valence electrons. The molecule has 0 spiro atoms. The minimum Gasteiger partial charge on any atom is -0.393 e. The third-order valence-corrected chi connectivity index (χ3v) is 3.47. The lowest BCUT2D eigenvalue weighted by Gasteiger charge is -2.35. The molecule has 6 nitrogen and oxygen atoms in total. The summed E-state index contributed by atoms with van der Waals surface area (Å²) in [6.07, 6.45) is 1.23. The van der Waals surface area contributed by atoms with Gasteiger partial charge in [0.15, 0.2) is 0 Å². The van der Waals surface area contributed by atoms with E-state index in [0.29, 0.717) is 18.2 Å². The standard InChI is InChI=1S/C13H15N3O3/c1-15(8-9-5-11(17)6-9)12-4-2-3-10(7-14)13(12)16(18)19/h2-4,9,11,17H,5-6,8H2,1H3. The minimum atomic E-state index is -0.514. The van der Waals surface area contributed by atoms with Crippen LogP contribution in [0.2, 0.25) is 0 Å². The van der Waals surface area contributed by atoms with E-state index in [0.717, 1.165) is 12.8 Å². The minimum absolute atomic E-state index is 0.0722. The molecule has 1 aliphatic carbocycles. The van der Waals surface area contributed by atoms with Crippen molar-refractivity contribution in [2.24, 2.45) is 5.92 Å². The van der Waals surface area contributed by atoms with Gasteiger partial charge in [-0.2, -0.15) is 5.26 Å². The first kappa shape index (κ1) is 13.3. The predicted octanol–water partition coefficient (Wildman–Crippen LogP) is 1.67. The fourth-order valence-corrected chi connectivity index (χ4v) is 2.46. The number of aliphatic hydroxyl groups excluding tert-OH is 1. The smallest absolute Gasteiger partial charge is 0.310 e. The Morgan fingerprint density at radius 1 is 1.58 bits per heavy atom. The number of hydrogen-bond donors (Lipinski definition) is 1. The lowest BCUT2D eigenvalue weighted by molar-refractivity contribution is -0.384. The monoisotopic (exact) mass is 261 g/mol. The Labute approximate surface area is 111 Å². The van der Waals surface area contributed by atoms with Gasteiger partial charge >= 0.3 is 5.69 Å². The highest BCUT2D eigenvalue weighted by Gasteiger charge is 2.30. The number of hydrogen-bond acceptors (Lipinski definition) is 5. The van der Waals surface area contributed by atoms with Gasteiger partial charge in [0.1, 0.15) is 17.3 Å². The van der Waals surface area contributed by atoms with E-state index in [9.17, 15) is 15.2 Å². The summed E-state index contributed by atoms with van der Waals surface area (Å²) in [7, 11) is 1.77. The van der Waals surface area contributed by atoms with Crippen LogP contribution in [0.3, 0.4) is 0 Å². The third kappa shape index (κ3) is 2.66. The molecule has 0 aromatic heterocycles. The van der Waals surface area contributed by atoms with Crippen molar-refractivity contribution < 1.29 is 10.0 Å². The maximum absolute atomic E-state index is 11.1. The van der Waals surface area contributed by atoms with E-state index in [4.69, 9.17) is 5.26 Å². The number of para-hydroxylation sites is 1. The van der Waals surface area contributed by atoms with Gasteiger partial charge in [0, 0.05) is 13.6 Å². The molecular formula is C13H15N3O3. The van der Waals surface area contributed by atoms with E-state index in [1.165, 1.54) is 6.07 Å². The molecule has 0 saturated heterocycles. The Morgan fingerprint density at radius 2 is 2.26 bits per heavy atom. The Hall–Kier alpha value is -2.13. The van der Waals surface area contributed by atoms with Gasteiger partial charge in [0.2, 0.25) is 0 Å². The first-order chi connectivity index (χ1) is 9.02. The molecule has 0 atom stereocenters. The molecule has 1 aromatic carbocycles. The average molecular weight is 261 g/mol. The van der Waals surface area contributed by atoms with Crippen molar-refractivity contribution in [1.82, 2.24) is 0 Å². The third-order valence-electron chi connectivity index (χ3n) is 3.47. The van der Waals surface area contributed by atoms with Gasteiger partial charge in [-0.3, -0.25) is 10.1 Å². The number of nitrogens with zero attached hydrogens (tertiary/aromatic N) is 3. The first-order valence-electron chi connectivity index (χ1n) is 6.09. The van der Waals surface area contributed by atoms with E-state index in [-0.39, 0.29) is 17.4 Å². The van der Waals surface area contributed by atoms with Gasteiger partial charge in [-0.25, -0.2) is 0 Å². The van der Waals surface area contributed by atoms with E-state index in [1.54, 1.807) is 24.1 Å². The fourth-order valence-electron chi connectivity index (χ4n) is 2.46. The van der Waals surface area contributed by atoms with Gasteiger partial charge in [-0.15, -0.1) is 0 Å². The molecule has 1 saturated carbocycles. The van der Waals surface area contributed by atoms with Crippen molar-refractivity contribution in [2.45, 2.75) is 18.9 Å². The molecule has 1 N–H and O–H groups in total. The van der Waals surface area contributed by atoms with Crippen molar-refractivity contribution in [3.8, 4) is 6.07 Å². The van der Waals surface area contributed by atoms with Crippen molar-refractivity contribution in [1.29, 1.82) is 5.26 Å². The van der Waals surface area contributed by atoms with Crippen LogP contribution in [0.1, 0.15) is 18.4 Å². The molecule has 0 amide bonds. The van der Waals surface area contributed by atoms with Crippen molar-refractivity contribution >= 4 is 11.4 Å². The summed E-state index contributed by atoms with van der Waals surface area (Å²) in [6.45, 7) is 0.646. The number of nitro benzene ring substituents is 1. The van der Waals surface area contributed by atoms with Crippen LogP contribution in [0, 0.1) is 27.4 Å². The molecule has 2 rings (SSSR count). The Balaban J connectivity index is 2.23. The normalized spacial score (nSPS) is 21.3. The van der Waals surface area contributed by atoms with Crippen LogP contribution in [0.25, 0.3) is 0 Å². The average Bonchev–Trinajstić information content (AvgIpc) is 2.35. The van der Waals surface area contributed by atoms with Crippen molar-refractivity contribution in [3.63, 3.8) is 0 Å². The SMILES string of the molecule is CN(CC1CC(O)C1)c1cccc(C#N)c1[N+](=O)[O-]. The van der Waals surface area contributed by atoms with Gasteiger partial charge in [0.25, 0.3) is 0 Å². The first-order valence-corrected chi connectivity index (χ1v) is 6.09. The summed E-state index contributed by atoms with van der Waals surface area (Å²) < 4.78 is 0. The van der Waals surface area contributed by atoms with Crippen molar-refractivity contribution in [3.05, 3.63) is 33.9 Å². The number of nitriles is 1. The highest BCUT2D eigenvalue weighted by molar-refractivity contribution is 5.69. The number of anilines is 1. The molecule has 1 aromatic rings. The predicted molar refractivity (Wildman–Crippen MR) is 69.8 cm³/mol. The Kier molecular flexibility index (Phi) is 3.67. The van der Waals surface area contributed by atoms with Crippen LogP contribution in [0.15, 0.2) is 18.2 Å². The number of rotatable bonds is 4. The second kappa shape index (κ2) is 5.24. The zero-order chi connectivity index (χ0) is 14.0. The topological polar surface area (TPSA) is 90.4 Å². The largest absolute Gasteiger partial charge is 0.393 e. The second-order valence-corrected chi connectivity index (χ2v) is 4.91. The summed E-state index contributed by atoms with van der Waals surface area (Å²) in [5.41, 5.74) is 0.376. The summed E-state index contributed by atoms with van der Waals surface area (Å²) in [4.78, 5) is 12.4. The van der Waals surface area contributed by atoms with E-state index < -0.39 is 4.92 Å². The molecular weight excluding hydrogens is 246 g/mol. The molecule has 1 fully saturated rings. The molecule has 0 aliphatic heterocycles. The van der Waals surface area contributed by atoms with Gasteiger partial charge in [-0.05, 0) is 30.9 Å². The zero-order valence-corrected chi connectivity index (χ0v) is 10.6. The Morgan fingerprint density at radius 3 is 2.79 bits per heavy atom. The Bertz CT molecular complexity index is 532.